The molecule has 0 aromatic carbocycles. The zero-order chi connectivity index (χ0) is 8.15. The number of nitrogens with zero attached hydrogens (tertiary/aromatic N) is 2. The minimum atomic E-state index is -0.0751. The maximum Gasteiger partial charge on any atom is 0.188 e. The van der Waals surface area contributed by atoms with Crippen LogP contribution in [0.2, 0.25) is 0 Å². The number of rotatable bonds is 2. The molecule has 0 rings (SSSR count). The van der Waals surface area contributed by atoms with Gasteiger partial charge in [0.15, 0.2) is 5.96 Å². The first-order chi connectivity index (χ1) is 4.57. The number of hydrogen-bond donors (Lipinski definition) is 2. The first-order valence-corrected chi connectivity index (χ1v) is 3.02. The highest BCUT2D eigenvalue weighted by Gasteiger charge is 2.04. The minimum Gasteiger partial charge on any atom is -0.370 e. The second kappa shape index (κ2) is 3.72. The molecule has 0 aliphatic rings. The van der Waals surface area contributed by atoms with Crippen LogP contribution in [0.25, 0.3) is 0 Å². The summed E-state index contributed by atoms with van der Waals surface area (Å²) < 4.78 is 0. The van der Waals surface area contributed by atoms with Crippen molar-refractivity contribution in [1.29, 1.82) is 10.7 Å². The molecule has 0 radical (unpaired) electrons. The molecule has 1 unspecified atom stereocenters. The lowest BCUT2D eigenvalue weighted by Crippen LogP contribution is -2.35. The number of nitrogens with two attached hydrogens (primary N) is 1. The van der Waals surface area contributed by atoms with Crippen LogP contribution in [-0.2, 0) is 0 Å². The Hall–Kier alpha value is -1.24. The van der Waals surface area contributed by atoms with E-state index in [0.717, 1.165) is 0 Å². The van der Waals surface area contributed by atoms with Gasteiger partial charge in [0, 0.05) is 13.6 Å². The molecule has 0 aromatic heterocycles. The molecule has 0 saturated carbocycles. The normalized spacial score (nSPS) is 11.7. The molecule has 0 heterocycles. The minimum absolute atomic E-state index is 0.00194. The van der Waals surface area contributed by atoms with E-state index in [-0.39, 0.29) is 11.9 Å². The molecule has 0 spiro atoms. The van der Waals surface area contributed by atoms with Crippen molar-refractivity contribution in [3.63, 3.8) is 0 Å². The molecular formula is C6H12N4. The lowest BCUT2D eigenvalue weighted by atomic mass is 10.2. The highest BCUT2D eigenvalue weighted by molar-refractivity contribution is 5.74. The van der Waals surface area contributed by atoms with Gasteiger partial charge in [0.2, 0.25) is 0 Å². The van der Waals surface area contributed by atoms with Gasteiger partial charge in [-0.2, -0.15) is 5.26 Å². The predicted octanol–water partition coefficient (Wildman–Crippen LogP) is -0.0286. The largest absolute Gasteiger partial charge is 0.370 e. The molecule has 1 atom stereocenters. The maximum absolute atomic E-state index is 8.38. The molecular weight excluding hydrogens is 128 g/mol. The molecule has 4 heteroatoms. The van der Waals surface area contributed by atoms with E-state index in [1.807, 2.05) is 0 Å². The van der Waals surface area contributed by atoms with Crippen LogP contribution >= 0.6 is 0 Å². The summed E-state index contributed by atoms with van der Waals surface area (Å²) in [5.41, 5.74) is 5.14. The Morgan fingerprint density at radius 2 is 2.40 bits per heavy atom. The van der Waals surface area contributed by atoms with E-state index in [9.17, 15) is 0 Å². The summed E-state index contributed by atoms with van der Waals surface area (Å²) in [5, 5.41) is 15.3. The van der Waals surface area contributed by atoms with Gasteiger partial charge in [-0.1, -0.05) is 0 Å². The van der Waals surface area contributed by atoms with Crippen molar-refractivity contribution < 1.29 is 0 Å². The SMILES string of the molecule is CC(C#N)CN(C)C(=N)N. The number of nitriles is 1. The summed E-state index contributed by atoms with van der Waals surface area (Å²) in [5.74, 6) is -0.0731. The summed E-state index contributed by atoms with van der Waals surface area (Å²) in [4.78, 5) is 1.54. The number of guanidine groups is 1. The molecule has 4 nitrogen and oxygen atoms in total. The Morgan fingerprint density at radius 3 is 2.70 bits per heavy atom. The van der Waals surface area contributed by atoms with Crippen molar-refractivity contribution in [1.82, 2.24) is 4.90 Å². The van der Waals surface area contributed by atoms with Crippen molar-refractivity contribution in [2.75, 3.05) is 13.6 Å². The predicted molar refractivity (Wildman–Crippen MR) is 39.3 cm³/mol. The van der Waals surface area contributed by atoms with E-state index >= 15 is 0 Å². The highest BCUT2D eigenvalue weighted by atomic mass is 15.2. The van der Waals surface area contributed by atoms with E-state index in [1.54, 1.807) is 14.0 Å². The summed E-state index contributed by atoms with van der Waals surface area (Å²) in [6.45, 7) is 2.31. The van der Waals surface area contributed by atoms with Crippen LogP contribution < -0.4 is 5.73 Å². The maximum atomic E-state index is 8.38. The van der Waals surface area contributed by atoms with Crippen LogP contribution in [-0.4, -0.2) is 24.5 Å². The lowest BCUT2D eigenvalue weighted by Gasteiger charge is -2.16. The first kappa shape index (κ1) is 8.76. The molecule has 0 bridgehead atoms. The van der Waals surface area contributed by atoms with Crippen LogP contribution in [0.1, 0.15) is 6.92 Å². The van der Waals surface area contributed by atoms with Crippen molar-refractivity contribution in [3.8, 4) is 6.07 Å². The monoisotopic (exact) mass is 140 g/mol. The zero-order valence-corrected chi connectivity index (χ0v) is 6.26. The summed E-state index contributed by atoms with van der Waals surface area (Å²) in [6.07, 6.45) is 0. The quantitative estimate of drug-likeness (QED) is 0.417. The third-order valence-electron chi connectivity index (χ3n) is 1.18. The van der Waals surface area contributed by atoms with Crippen LogP contribution in [0.15, 0.2) is 0 Å². The molecule has 0 fully saturated rings. The lowest BCUT2D eigenvalue weighted by molar-refractivity contribution is 0.447. The fourth-order valence-corrected chi connectivity index (χ4v) is 0.550. The molecule has 0 saturated heterocycles. The smallest absolute Gasteiger partial charge is 0.188 e. The average Bonchev–Trinajstić information content (AvgIpc) is 1.87. The highest BCUT2D eigenvalue weighted by Crippen LogP contribution is 1.93. The molecule has 0 aliphatic heterocycles. The van der Waals surface area contributed by atoms with Gasteiger partial charge >= 0.3 is 0 Å². The van der Waals surface area contributed by atoms with E-state index < -0.39 is 0 Å². The molecule has 0 aliphatic carbocycles. The Balaban J connectivity index is 3.70. The van der Waals surface area contributed by atoms with Crippen LogP contribution in [0, 0.1) is 22.7 Å². The van der Waals surface area contributed by atoms with Crippen molar-refractivity contribution in [2.24, 2.45) is 11.7 Å². The van der Waals surface area contributed by atoms with E-state index in [0.29, 0.717) is 6.54 Å². The molecule has 0 aromatic rings. The van der Waals surface area contributed by atoms with Gasteiger partial charge < -0.3 is 10.6 Å². The standard InChI is InChI=1S/C6H12N4/c1-5(3-7)4-10(2)6(8)9/h5H,4H2,1-2H3,(H3,8,9). The van der Waals surface area contributed by atoms with Gasteiger partial charge in [-0.3, -0.25) is 5.41 Å². The Labute approximate surface area is 60.7 Å². The first-order valence-electron chi connectivity index (χ1n) is 3.02. The van der Waals surface area contributed by atoms with Gasteiger partial charge in [-0.05, 0) is 6.92 Å². The topological polar surface area (TPSA) is 76.9 Å². The molecule has 10 heavy (non-hydrogen) atoms. The zero-order valence-electron chi connectivity index (χ0n) is 6.26. The van der Waals surface area contributed by atoms with Gasteiger partial charge in [0.05, 0.1) is 12.0 Å². The summed E-state index contributed by atoms with van der Waals surface area (Å²) in [6, 6.07) is 2.06. The van der Waals surface area contributed by atoms with Gasteiger partial charge in [0.1, 0.15) is 0 Å². The number of hydrogen-bond acceptors (Lipinski definition) is 2. The van der Waals surface area contributed by atoms with Gasteiger partial charge in [0.25, 0.3) is 0 Å². The van der Waals surface area contributed by atoms with Gasteiger partial charge in [-0.15, -0.1) is 0 Å². The van der Waals surface area contributed by atoms with E-state index in [1.165, 1.54) is 4.90 Å². The summed E-state index contributed by atoms with van der Waals surface area (Å²) >= 11 is 0. The molecule has 56 valence electrons. The molecule has 0 amide bonds. The van der Waals surface area contributed by atoms with Crippen LogP contribution in [0.3, 0.4) is 0 Å². The van der Waals surface area contributed by atoms with E-state index in [4.69, 9.17) is 16.4 Å². The second-order valence-corrected chi connectivity index (χ2v) is 2.30. The van der Waals surface area contributed by atoms with Crippen molar-refractivity contribution in [3.05, 3.63) is 0 Å². The second-order valence-electron chi connectivity index (χ2n) is 2.30. The van der Waals surface area contributed by atoms with E-state index in [2.05, 4.69) is 6.07 Å². The third-order valence-corrected chi connectivity index (χ3v) is 1.18. The van der Waals surface area contributed by atoms with Crippen LogP contribution in [0.5, 0.6) is 0 Å². The van der Waals surface area contributed by atoms with Crippen molar-refractivity contribution in [2.45, 2.75) is 6.92 Å². The van der Waals surface area contributed by atoms with Crippen molar-refractivity contribution >= 4 is 5.96 Å². The molecule has 3 N–H and O–H groups in total. The third kappa shape index (κ3) is 2.92. The summed E-state index contributed by atoms with van der Waals surface area (Å²) in [7, 11) is 1.69. The Morgan fingerprint density at radius 1 is 1.90 bits per heavy atom. The fraction of sp³-hybridized carbons (Fsp3) is 0.667. The average molecular weight is 140 g/mol. The van der Waals surface area contributed by atoms with Gasteiger partial charge in [-0.25, -0.2) is 0 Å². The van der Waals surface area contributed by atoms with Crippen LogP contribution in [0.4, 0.5) is 0 Å². The fourth-order valence-electron chi connectivity index (χ4n) is 0.550. The Kier molecular flexibility index (Phi) is 3.26. The number of nitrogens with one attached hydrogen (secondary N) is 1. The Bertz CT molecular complexity index is 158.